The quantitative estimate of drug-likeness (QED) is 0.261. The van der Waals surface area contributed by atoms with Crippen molar-refractivity contribution in [1.82, 2.24) is 0 Å². The fraction of sp³-hybridized carbons (Fsp3) is 0.118. The molecular formula is C17H11BrN4O. The van der Waals surface area contributed by atoms with Gasteiger partial charge in [0.05, 0.1) is 5.69 Å². The van der Waals surface area contributed by atoms with Gasteiger partial charge in [0.1, 0.15) is 12.1 Å². The molecular weight excluding hydrogens is 356 g/mol. The van der Waals surface area contributed by atoms with Gasteiger partial charge >= 0.3 is 0 Å². The zero-order valence-corrected chi connectivity index (χ0v) is 13.5. The second-order valence-corrected chi connectivity index (χ2v) is 5.74. The summed E-state index contributed by atoms with van der Waals surface area (Å²) in [5.74, 6) is 5.83. The number of anilines is 1. The average Bonchev–Trinajstić information content (AvgIpc) is 2.58. The van der Waals surface area contributed by atoms with Crippen LogP contribution in [0.2, 0.25) is 0 Å². The molecule has 23 heavy (non-hydrogen) atoms. The van der Waals surface area contributed by atoms with E-state index in [1.165, 1.54) is 0 Å². The first-order valence-corrected chi connectivity index (χ1v) is 7.70. The number of hydrogen-bond donors (Lipinski definition) is 0. The van der Waals surface area contributed by atoms with Gasteiger partial charge in [-0.15, -0.1) is 0 Å². The van der Waals surface area contributed by atoms with Crippen LogP contribution in [-0.2, 0) is 4.79 Å². The van der Waals surface area contributed by atoms with Gasteiger partial charge in [-0.3, -0.25) is 9.69 Å². The van der Waals surface area contributed by atoms with Crippen molar-refractivity contribution in [3.05, 3.63) is 75.1 Å². The lowest BCUT2D eigenvalue weighted by Gasteiger charge is -2.42. The van der Waals surface area contributed by atoms with E-state index in [-0.39, 0.29) is 5.91 Å². The standard InChI is InChI=1S/C17H11BrN4O/c18-13-8-4-5-9-14(13)22-15(16(17(22)23)20-21-19)11-10-12-6-2-1-3-7-12/h1-9,15-16H/t15-,16+/m1/s1. The van der Waals surface area contributed by atoms with E-state index in [2.05, 4.69) is 37.8 Å². The fourth-order valence-corrected chi connectivity index (χ4v) is 2.86. The summed E-state index contributed by atoms with van der Waals surface area (Å²) >= 11 is 3.44. The zero-order valence-electron chi connectivity index (χ0n) is 11.9. The molecule has 1 fully saturated rings. The second kappa shape index (κ2) is 6.57. The number of carbonyl (C=O) groups is 1. The van der Waals surface area contributed by atoms with Gasteiger partial charge in [0.2, 0.25) is 5.91 Å². The SMILES string of the molecule is [N-]=[N+]=N[C@@H]1C(=O)N(c2ccccc2Br)[C@@H]1C#Cc1ccccc1. The minimum absolute atomic E-state index is 0.248. The van der Waals surface area contributed by atoms with Crippen LogP contribution in [0.1, 0.15) is 5.56 Å². The largest absolute Gasteiger partial charge is 0.295 e. The van der Waals surface area contributed by atoms with Crippen molar-refractivity contribution in [2.75, 3.05) is 4.90 Å². The Kier molecular flexibility index (Phi) is 4.33. The maximum atomic E-state index is 12.3. The Labute approximate surface area is 141 Å². The summed E-state index contributed by atoms with van der Waals surface area (Å²) in [6.45, 7) is 0. The number of azide groups is 1. The highest BCUT2D eigenvalue weighted by atomic mass is 79.9. The van der Waals surface area contributed by atoms with Crippen LogP contribution >= 0.6 is 15.9 Å². The third kappa shape index (κ3) is 2.93. The van der Waals surface area contributed by atoms with Gasteiger partial charge in [-0.05, 0) is 45.7 Å². The minimum Gasteiger partial charge on any atom is -0.295 e. The molecule has 0 aliphatic carbocycles. The average molecular weight is 367 g/mol. The topological polar surface area (TPSA) is 69.1 Å². The highest BCUT2D eigenvalue weighted by Gasteiger charge is 2.47. The van der Waals surface area contributed by atoms with E-state index < -0.39 is 12.1 Å². The van der Waals surface area contributed by atoms with Gasteiger partial charge in [0.15, 0.2) is 0 Å². The molecule has 1 aliphatic rings. The van der Waals surface area contributed by atoms with Crippen molar-refractivity contribution >= 4 is 27.5 Å². The molecule has 1 saturated heterocycles. The van der Waals surface area contributed by atoms with Crippen molar-refractivity contribution in [3.8, 4) is 11.8 Å². The van der Waals surface area contributed by atoms with Gasteiger partial charge < -0.3 is 0 Å². The van der Waals surface area contributed by atoms with Gasteiger partial charge in [-0.2, -0.15) is 0 Å². The number of nitrogens with zero attached hydrogens (tertiary/aromatic N) is 4. The van der Waals surface area contributed by atoms with Crippen molar-refractivity contribution < 1.29 is 4.79 Å². The van der Waals surface area contributed by atoms with Gasteiger partial charge in [-0.25, -0.2) is 0 Å². The summed E-state index contributed by atoms with van der Waals surface area (Å²) in [7, 11) is 0. The zero-order chi connectivity index (χ0) is 16.2. The number of rotatable bonds is 2. The molecule has 0 aromatic heterocycles. The number of carbonyl (C=O) groups excluding carboxylic acids is 1. The van der Waals surface area contributed by atoms with Crippen LogP contribution in [0, 0.1) is 11.8 Å². The Morgan fingerprint density at radius 2 is 1.83 bits per heavy atom. The van der Waals surface area contributed by atoms with Crippen LogP contribution in [0.5, 0.6) is 0 Å². The summed E-state index contributed by atoms with van der Waals surface area (Å²) in [6.07, 6.45) is 0. The summed E-state index contributed by atoms with van der Waals surface area (Å²) < 4.78 is 0.791. The summed E-state index contributed by atoms with van der Waals surface area (Å²) in [4.78, 5) is 16.6. The maximum absolute atomic E-state index is 12.3. The molecule has 0 N–H and O–H groups in total. The number of benzene rings is 2. The van der Waals surface area contributed by atoms with Crippen LogP contribution < -0.4 is 4.90 Å². The van der Waals surface area contributed by atoms with Crippen LogP contribution in [0.15, 0.2) is 64.2 Å². The molecule has 1 aliphatic heterocycles. The van der Waals surface area contributed by atoms with E-state index in [1.807, 2.05) is 54.6 Å². The maximum Gasteiger partial charge on any atom is 0.240 e. The first kappa shape index (κ1) is 15.2. The Morgan fingerprint density at radius 1 is 1.13 bits per heavy atom. The number of amides is 1. The summed E-state index contributed by atoms with van der Waals surface area (Å²) in [6, 6.07) is 15.6. The van der Waals surface area contributed by atoms with Crippen molar-refractivity contribution in [3.63, 3.8) is 0 Å². The van der Waals surface area contributed by atoms with E-state index in [4.69, 9.17) is 5.53 Å². The van der Waals surface area contributed by atoms with Crippen LogP contribution in [0.25, 0.3) is 10.4 Å². The predicted octanol–water partition coefficient (Wildman–Crippen LogP) is 3.89. The van der Waals surface area contributed by atoms with Gasteiger partial charge in [0.25, 0.3) is 0 Å². The van der Waals surface area contributed by atoms with Crippen LogP contribution in [0.4, 0.5) is 5.69 Å². The lowest BCUT2D eigenvalue weighted by atomic mass is 9.94. The first-order chi connectivity index (χ1) is 11.2. The van der Waals surface area contributed by atoms with E-state index in [0.717, 1.165) is 10.0 Å². The lowest BCUT2D eigenvalue weighted by Crippen LogP contribution is -2.63. The molecule has 0 saturated carbocycles. The Hall–Kier alpha value is -2.74. The molecule has 5 nitrogen and oxygen atoms in total. The Bertz CT molecular complexity index is 850. The molecule has 2 atom stereocenters. The van der Waals surface area contributed by atoms with E-state index in [0.29, 0.717) is 5.69 Å². The molecule has 112 valence electrons. The normalized spacial score (nSPS) is 19.2. The second-order valence-electron chi connectivity index (χ2n) is 4.89. The molecule has 2 aromatic carbocycles. The van der Waals surface area contributed by atoms with Crippen LogP contribution in [-0.4, -0.2) is 18.0 Å². The lowest BCUT2D eigenvalue weighted by molar-refractivity contribution is -0.124. The molecule has 0 unspecified atom stereocenters. The monoisotopic (exact) mass is 366 g/mol. The number of para-hydroxylation sites is 1. The molecule has 3 rings (SSSR count). The van der Waals surface area contributed by atoms with Crippen molar-refractivity contribution in [1.29, 1.82) is 0 Å². The summed E-state index contributed by atoms with van der Waals surface area (Å²) in [5, 5.41) is 3.58. The molecule has 2 aromatic rings. The number of β-lactam (4-membered cyclic amide) rings is 1. The number of halogens is 1. The van der Waals surface area contributed by atoms with Crippen LogP contribution in [0.3, 0.4) is 0 Å². The molecule has 1 amide bonds. The Morgan fingerprint density at radius 3 is 2.52 bits per heavy atom. The summed E-state index contributed by atoms with van der Waals surface area (Å²) in [5.41, 5.74) is 10.2. The smallest absolute Gasteiger partial charge is 0.240 e. The fourth-order valence-electron chi connectivity index (χ4n) is 2.38. The third-order valence-electron chi connectivity index (χ3n) is 3.49. The third-order valence-corrected chi connectivity index (χ3v) is 4.16. The Balaban J connectivity index is 1.96. The molecule has 0 spiro atoms. The molecule has 0 radical (unpaired) electrons. The molecule has 0 bridgehead atoms. The number of hydrogen-bond acceptors (Lipinski definition) is 2. The van der Waals surface area contributed by atoms with Gasteiger partial charge in [-0.1, -0.05) is 47.3 Å². The first-order valence-electron chi connectivity index (χ1n) is 6.91. The minimum atomic E-state index is -0.789. The molecule has 6 heteroatoms. The van der Waals surface area contributed by atoms with E-state index >= 15 is 0 Å². The van der Waals surface area contributed by atoms with Crippen molar-refractivity contribution in [2.45, 2.75) is 12.1 Å². The van der Waals surface area contributed by atoms with Gasteiger partial charge in [0, 0.05) is 14.9 Å². The highest BCUT2D eigenvalue weighted by Crippen LogP contribution is 2.35. The van der Waals surface area contributed by atoms with Crippen molar-refractivity contribution in [2.24, 2.45) is 5.11 Å². The highest BCUT2D eigenvalue weighted by molar-refractivity contribution is 9.10. The van der Waals surface area contributed by atoms with E-state index in [9.17, 15) is 4.79 Å². The molecule has 1 heterocycles. The van der Waals surface area contributed by atoms with E-state index in [1.54, 1.807) is 4.90 Å². The predicted molar refractivity (Wildman–Crippen MR) is 91.7 cm³/mol.